The predicted molar refractivity (Wildman–Crippen MR) is 143 cm³/mol. The van der Waals surface area contributed by atoms with Crippen LogP contribution in [0.3, 0.4) is 0 Å². The molecule has 0 aliphatic rings. The summed E-state index contributed by atoms with van der Waals surface area (Å²) in [4.78, 5) is 38.4. The third-order valence-electron chi connectivity index (χ3n) is 6.07. The Kier molecular flexibility index (Phi) is 13.8. The van der Waals surface area contributed by atoms with E-state index < -0.39 is 23.4 Å². The van der Waals surface area contributed by atoms with E-state index in [0.29, 0.717) is 25.7 Å². The van der Waals surface area contributed by atoms with E-state index in [-0.39, 0.29) is 43.3 Å². The standard InChI is InChI=1S/C29H44N2O5/c1-7-9-16-24(17-22-14-11-10-12-15-22)28(35)36-20-25(29(4,5)6)31-27(34)23(13-8-2)18-26(33)30-21(3)19-32/h7-8,10-12,14-15,21,23-25,32H,1-2,9,13,16-20H2,3-6H3,(H,30,33)(H,31,34)/t21-,23-,24+,25+/m0/s1. The molecule has 0 fully saturated rings. The van der Waals surface area contributed by atoms with Gasteiger partial charge in [-0.1, -0.05) is 63.3 Å². The van der Waals surface area contributed by atoms with E-state index in [1.54, 1.807) is 19.1 Å². The van der Waals surface area contributed by atoms with Crippen molar-refractivity contribution in [3.63, 3.8) is 0 Å². The van der Waals surface area contributed by atoms with Crippen molar-refractivity contribution in [2.45, 2.75) is 71.9 Å². The summed E-state index contributed by atoms with van der Waals surface area (Å²) in [5.41, 5.74) is 0.670. The van der Waals surface area contributed by atoms with E-state index in [2.05, 4.69) is 23.8 Å². The van der Waals surface area contributed by atoms with Crippen LogP contribution in [0.5, 0.6) is 0 Å². The third-order valence-corrected chi connectivity index (χ3v) is 6.07. The minimum absolute atomic E-state index is 0.0282. The number of amides is 2. The van der Waals surface area contributed by atoms with Crippen molar-refractivity contribution in [1.82, 2.24) is 10.6 Å². The zero-order chi connectivity index (χ0) is 27.1. The van der Waals surface area contributed by atoms with Crippen LogP contribution in [0.15, 0.2) is 55.6 Å². The van der Waals surface area contributed by atoms with Gasteiger partial charge in [0.2, 0.25) is 11.8 Å². The number of carbonyl (C=O) groups excluding carboxylic acids is 3. The quantitative estimate of drug-likeness (QED) is 0.235. The molecule has 0 saturated carbocycles. The summed E-state index contributed by atoms with van der Waals surface area (Å²) in [6.07, 6.45) is 5.60. The average molecular weight is 501 g/mol. The number of allylic oxidation sites excluding steroid dienone is 2. The molecule has 0 bridgehead atoms. The van der Waals surface area contributed by atoms with E-state index in [1.807, 2.05) is 51.1 Å². The van der Waals surface area contributed by atoms with E-state index in [9.17, 15) is 14.4 Å². The van der Waals surface area contributed by atoms with Crippen LogP contribution in [-0.2, 0) is 25.5 Å². The molecule has 0 heterocycles. The number of hydrogen-bond donors (Lipinski definition) is 3. The lowest BCUT2D eigenvalue weighted by Gasteiger charge is -2.32. The Morgan fingerprint density at radius 1 is 1.06 bits per heavy atom. The Hall–Kier alpha value is -2.93. The molecule has 0 saturated heterocycles. The molecule has 4 atom stereocenters. The lowest BCUT2D eigenvalue weighted by Crippen LogP contribution is -2.50. The molecule has 0 radical (unpaired) electrons. The van der Waals surface area contributed by atoms with Gasteiger partial charge in [0.15, 0.2) is 0 Å². The van der Waals surface area contributed by atoms with Crippen LogP contribution in [0, 0.1) is 17.3 Å². The first-order chi connectivity index (χ1) is 17.0. The molecule has 7 heteroatoms. The molecular weight excluding hydrogens is 456 g/mol. The van der Waals surface area contributed by atoms with Crippen molar-refractivity contribution in [1.29, 1.82) is 0 Å². The van der Waals surface area contributed by atoms with Crippen LogP contribution >= 0.6 is 0 Å². The average Bonchev–Trinajstić information content (AvgIpc) is 2.83. The van der Waals surface area contributed by atoms with Crippen LogP contribution in [0.2, 0.25) is 0 Å². The summed E-state index contributed by atoms with van der Waals surface area (Å²) < 4.78 is 5.74. The number of aliphatic hydroxyl groups excluding tert-OH is 1. The Bertz CT molecular complexity index is 847. The number of aliphatic hydroxyl groups is 1. The Morgan fingerprint density at radius 3 is 2.28 bits per heavy atom. The monoisotopic (exact) mass is 500 g/mol. The maximum absolute atomic E-state index is 13.1. The topological polar surface area (TPSA) is 105 Å². The van der Waals surface area contributed by atoms with Crippen LogP contribution in [-0.4, -0.2) is 48.2 Å². The van der Waals surface area contributed by atoms with Gasteiger partial charge < -0.3 is 20.5 Å². The zero-order valence-electron chi connectivity index (χ0n) is 22.3. The third kappa shape index (κ3) is 11.7. The lowest BCUT2D eigenvalue weighted by atomic mass is 9.86. The molecule has 1 rings (SSSR count). The van der Waals surface area contributed by atoms with Crippen molar-refractivity contribution < 1.29 is 24.2 Å². The fourth-order valence-corrected chi connectivity index (χ4v) is 3.69. The summed E-state index contributed by atoms with van der Waals surface area (Å²) in [6, 6.07) is 8.97. The lowest BCUT2D eigenvalue weighted by molar-refractivity contribution is -0.151. The number of benzene rings is 1. The van der Waals surface area contributed by atoms with Gasteiger partial charge in [0.1, 0.15) is 6.61 Å². The fourth-order valence-electron chi connectivity index (χ4n) is 3.69. The molecular formula is C29H44N2O5. The molecule has 0 aliphatic heterocycles. The van der Waals surface area contributed by atoms with Crippen LogP contribution in [0.4, 0.5) is 0 Å². The maximum Gasteiger partial charge on any atom is 0.309 e. The van der Waals surface area contributed by atoms with Crippen LogP contribution < -0.4 is 10.6 Å². The minimum atomic E-state index is -0.618. The Morgan fingerprint density at radius 2 is 1.72 bits per heavy atom. The second-order valence-corrected chi connectivity index (χ2v) is 10.4. The SMILES string of the molecule is C=CCC[C@H](Cc1ccccc1)C(=O)OC[C@@H](NC(=O)[C@@H](CC=C)CC(=O)N[C@@H](C)CO)C(C)(C)C. The summed E-state index contributed by atoms with van der Waals surface area (Å²) in [6.45, 7) is 14.9. The van der Waals surface area contributed by atoms with Crippen molar-refractivity contribution in [2.75, 3.05) is 13.2 Å². The zero-order valence-corrected chi connectivity index (χ0v) is 22.3. The van der Waals surface area contributed by atoms with Crippen molar-refractivity contribution in [2.24, 2.45) is 17.3 Å². The number of rotatable bonds is 16. The van der Waals surface area contributed by atoms with Gasteiger partial charge in [-0.15, -0.1) is 13.2 Å². The Labute approximate surface area is 216 Å². The van der Waals surface area contributed by atoms with Crippen LogP contribution in [0.25, 0.3) is 0 Å². The number of nitrogens with one attached hydrogen (secondary N) is 2. The van der Waals surface area contributed by atoms with Gasteiger partial charge >= 0.3 is 5.97 Å². The van der Waals surface area contributed by atoms with E-state index in [4.69, 9.17) is 9.84 Å². The molecule has 1 aromatic carbocycles. The van der Waals surface area contributed by atoms with Gasteiger partial charge in [0.25, 0.3) is 0 Å². The maximum atomic E-state index is 13.1. The summed E-state index contributed by atoms with van der Waals surface area (Å²) in [5, 5.41) is 14.8. The highest BCUT2D eigenvalue weighted by atomic mass is 16.5. The predicted octanol–water partition coefficient (Wildman–Crippen LogP) is 3.97. The van der Waals surface area contributed by atoms with Gasteiger partial charge in [-0.2, -0.15) is 0 Å². The normalized spacial score (nSPS) is 14.6. The molecule has 3 N–H and O–H groups in total. The van der Waals surface area contributed by atoms with E-state index in [0.717, 1.165) is 5.56 Å². The van der Waals surface area contributed by atoms with Crippen molar-refractivity contribution >= 4 is 17.8 Å². The molecule has 36 heavy (non-hydrogen) atoms. The first kappa shape index (κ1) is 31.1. The van der Waals surface area contributed by atoms with E-state index in [1.165, 1.54) is 0 Å². The highest BCUT2D eigenvalue weighted by Crippen LogP contribution is 2.23. The highest BCUT2D eigenvalue weighted by molar-refractivity contribution is 5.86. The molecule has 1 aromatic rings. The number of hydrogen-bond acceptors (Lipinski definition) is 5. The highest BCUT2D eigenvalue weighted by Gasteiger charge is 2.32. The summed E-state index contributed by atoms with van der Waals surface area (Å²) in [5.74, 6) is -1.85. The number of esters is 1. The minimum Gasteiger partial charge on any atom is -0.463 e. The Balaban J connectivity index is 2.86. The second-order valence-electron chi connectivity index (χ2n) is 10.4. The molecule has 2 amide bonds. The van der Waals surface area contributed by atoms with Gasteiger partial charge in [-0.05, 0) is 43.6 Å². The van der Waals surface area contributed by atoms with Gasteiger partial charge in [0, 0.05) is 12.5 Å². The van der Waals surface area contributed by atoms with Gasteiger partial charge in [-0.25, -0.2) is 0 Å². The molecule has 0 aromatic heterocycles. The van der Waals surface area contributed by atoms with E-state index >= 15 is 0 Å². The molecule has 200 valence electrons. The smallest absolute Gasteiger partial charge is 0.309 e. The van der Waals surface area contributed by atoms with Gasteiger partial charge in [0.05, 0.1) is 24.5 Å². The number of carbonyl (C=O) groups is 3. The van der Waals surface area contributed by atoms with Crippen LogP contribution in [0.1, 0.15) is 58.9 Å². The van der Waals surface area contributed by atoms with Gasteiger partial charge in [-0.3, -0.25) is 14.4 Å². The first-order valence-electron chi connectivity index (χ1n) is 12.6. The van der Waals surface area contributed by atoms with Crippen molar-refractivity contribution in [3.05, 3.63) is 61.2 Å². The fraction of sp³-hybridized carbons (Fsp3) is 0.552. The second kappa shape index (κ2) is 15.9. The largest absolute Gasteiger partial charge is 0.463 e. The number of ether oxygens (including phenoxy) is 1. The first-order valence-corrected chi connectivity index (χ1v) is 12.6. The summed E-state index contributed by atoms with van der Waals surface area (Å²) in [7, 11) is 0. The summed E-state index contributed by atoms with van der Waals surface area (Å²) >= 11 is 0. The molecule has 7 nitrogen and oxygen atoms in total. The molecule has 0 aliphatic carbocycles. The van der Waals surface area contributed by atoms with Crippen molar-refractivity contribution in [3.8, 4) is 0 Å². The molecule has 0 unspecified atom stereocenters. The molecule has 0 spiro atoms.